The van der Waals surface area contributed by atoms with Crippen molar-refractivity contribution in [3.8, 4) is 0 Å². The molecule has 0 spiro atoms. The van der Waals surface area contributed by atoms with Gasteiger partial charge in [0.25, 0.3) is 5.00 Å². The van der Waals surface area contributed by atoms with Crippen molar-refractivity contribution in [3.05, 3.63) is 0 Å². The summed E-state index contributed by atoms with van der Waals surface area (Å²) in [5.41, 5.74) is 0.0676. The number of hydrogen-bond acceptors (Lipinski definition) is 8. The van der Waals surface area contributed by atoms with Gasteiger partial charge in [-0.05, 0) is 63.2 Å². The fourth-order valence-electron chi connectivity index (χ4n) is 5.11. The van der Waals surface area contributed by atoms with Gasteiger partial charge in [-0.25, -0.2) is 14.0 Å². The van der Waals surface area contributed by atoms with Crippen LogP contribution in [0.4, 0.5) is 4.39 Å². The van der Waals surface area contributed by atoms with Crippen LogP contribution < -0.4 is 5.26 Å². The maximum atomic E-state index is 13.8. The molecule has 4 aliphatic carbocycles. The van der Waals surface area contributed by atoms with Gasteiger partial charge in [-0.3, -0.25) is 5.04 Å². The molecule has 7 nitrogen and oxygen atoms in total. The Balaban J connectivity index is 1.42. The third-order valence-corrected chi connectivity index (χ3v) is 6.21. The third-order valence-electron chi connectivity index (χ3n) is 5.61. The fraction of sp³-hybridized carbons (Fsp3) is 0.875. The molecule has 0 amide bonds. The number of carbonyl (C=O) groups excluding carboxylic acids is 2. The molecule has 4 aliphatic rings. The smallest absolute Gasteiger partial charge is 0.357 e. The number of hydrogen-bond donors (Lipinski definition) is 0. The van der Waals surface area contributed by atoms with Gasteiger partial charge in [0, 0.05) is 5.41 Å². The first-order valence-corrected chi connectivity index (χ1v) is 9.22. The van der Waals surface area contributed by atoms with Crippen LogP contribution in [0.25, 0.3) is 0 Å². The summed E-state index contributed by atoms with van der Waals surface area (Å²) in [7, 11) is 0. The van der Waals surface area contributed by atoms with E-state index in [1.807, 2.05) is 0 Å². The molecule has 142 valence electrons. The summed E-state index contributed by atoms with van der Waals surface area (Å²) in [5.74, 6) is 0.188. The van der Waals surface area contributed by atoms with E-state index in [9.17, 15) is 19.2 Å². The number of rotatable bonds is 8. The van der Waals surface area contributed by atoms with Crippen molar-refractivity contribution >= 4 is 24.0 Å². The Morgan fingerprint density at radius 1 is 1.16 bits per heavy atom. The maximum absolute atomic E-state index is 13.8. The first kappa shape index (κ1) is 18.9. The third kappa shape index (κ3) is 4.45. The molecule has 0 aromatic carbocycles. The highest BCUT2D eigenvalue weighted by molar-refractivity contribution is 7.96. The highest BCUT2D eigenvalue weighted by Crippen LogP contribution is 2.60. The molecule has 25 heavy (non-hydrogen) atoms. The van der Waals surface area contributed by atoms with Gasteiger partial charge >= 0.3 is 11.9 Å². The summed E-state index contributed by atoms with van der Waals surface area (Å²) in [6.45, 7) is 0.491. The fourth-order valence-corrected chi connectivity index (χ4v) is 5.39. The van der Waals surface area contributed by atoms with Crippen LogP contribution in [0.15, 0.2) is 0 Å². The summed E-state index contributed by atoms with van der Waals surface area (Å²) in [6.07, 6.45) is 7.18. The molecule has 4 fully saturated rings. The quantitative estimate of drug-likeness (QED) is 0.274. The van der Waals surface area contributed by atoms with Crippen LogP contribution in [0.3, 0.4) is 0 Å². The molecule has 4 saturated carbocycles. The van der Waals surface area contributed by atoms with Crippen molar-refractivity contribution in [1.29, 1.82) is 0 Å². The summed E-state index contributed by atoms with van der Waals surface area (Å²) < 4.78 is 27.5. The van der Waals surface area contributed by atoms with Crippen LogP contribution in [-0.2, 0) is 28.4 Å². The Labute approximate surface area is 149 Å². The molecule has 1 atom stereocenters. The predicted molar refractivity (Wildman–Crippen MR) is 81.8 cm³/mol. The lowest BCUT2D eigenvalue weighted by atomic mass is 9.50. The van der Waals surface area contributed by atoms with Gasteiger partial charge in [0.15, 0.2) is 6.61 Å². The van der Waals surface area contributed by atoms with Gasteiger partial charge in [0.1, 0.15) is 0 Å². The molecular weight excluding hydrogens is 355 g/mol. The molecule has 0 radical (unpaired) electrons. The highest BCUT2D eigenvalue weighted by atomic mass is 32.2. The minimum atomic E-state index is -2.66. The molecule has 1 unspecified atom stereocenters. The van der Waals surface area contributed by atoms with E-state index < -0.39 is 23.5 Å². The number of alkyl halides is 1. The van der Waals surface area contributed by atoms with Gasteiger partial charge in [-0.2, -0.15) is 4.33 Å². The molecule has 0 aromatic rings. The van der Waals surface area contributed by atoms with Crippen LogP contribution in [0.5, 0.6) is 0 Å². The van der Waals surface area contributed by atoms with Crippen LogP contribution in [-0.4, -0.2) is 30.2 Å². The standard InChI is InChI=1S/C16H23FO7S/c1-15(17,25-24-23-20)14(19)21-8-13(18)22-9-16-5-10-2-11(6-16)4-12(3-10)7-16/h10-12,20H,2-9H2,1H3/p-1. The van der Waals surface area contributed by atoms with Crippen molar-refractivity contribution in [2.75, 3.05) is 13.2 Å². The van der Waals surface area contributed by atoms with Gasteiger partial charge in [0.2, 0.25) is 0 Å². The summed E-state index contributed by atoms with van der Waals surface area (Å²) in [6, 6.07) is 0. The van der Waals surface area contributed by atoms with E-state index in [1.165, 1.54) is 19.3 Å². The molecule has 0 heterocycles. The van der Waals surface area contributed by atoms with E-state index in [-0.39, 0.29) is 17.5 Å². The number of carbonyl (C=O) groups is 2. The minimum Gasteiger partial charge on any atom is -0.691 e. The average molecular weight is 377 g/mol. The van der Waals surface area contributed by atoms with Crippen molar-refractivity contribution in [2.45, 2.75) is 50.4 Å². The van der Waals surface area contributed by atoms with Crippen molar-refractivity contribution in [3.63, 3.8) is 0 Å². The summed E-state index contributed by atoms with van der Waals surface area (Å²) in [4.78, 5) is 23.4. The molecule has 0 N–H and O–H groups in total. The molecule has 4 bridgehead atoms. The Morgan fingerprint density at radius 3 is 2.24 bits per heavy atom. The second kappa shape index (κ2) is 7.38. The molecule has 9 heteroatoms. The van der Waals surface area contributed by atoms with Gasteiger partial charge in [0.05, 0.1) is 18.6 Å². The Kier molecular flexibility index (Phi) is 5.57. The van der Waals surface area contributed by atoms with Crippen LogP contribution in [0, 0.1) is 23.2 Å². The number of ether oxygens (including phenoxy) is 2. The molecular formula is C16H22FO7S-. The Morgan fingerprint density at radius 2 is 1.72 bits per heavy atom. The second-order valence-electron chi connectivity index (χ2n) is 7.79. The Hall–Kier alpha value is -0.900. The SMILES string of the molecule is CC(F)(SOO[O-])C(=O)OCC(=O)OCC12CC3CC(CC(C3)C1)C2. The zero-order valence-corrected chi connectivity index (χ0v) is 14.8. The molecule has 0 aliphatic heterocycles. The molecule has 0 saturated heterocycles. The lowest BCUT2D eigenvalue weighted by Crippen LogP contribution is -2.48. The maximum Gasteiger partial charge on any atom is 0.357 e. The molecule has 4 rings (SSSR count). The number of esters is 2. The van der Waals surface area contributed by atoms with Crippen molar-refractivity contribution < 1.29 is 38.1 Å². The molecule has 0 aromatic heterocycles. The first-order chi connectivity index (χ1) is 11.8. The topological polar surface area (TPSA) is 94.1 Å². The van der Waals surface area contributed by atoms with Gasteiger partial charge in [-0.1, -0.05) is 0 Å². The van der Waals surface area contributed by atoms with E-state index in [0.29, 0.717) is 6.61 Å². The van der Waals surface area contributed by atoms with E-state index >= 15 is 0 Å². The van der Waals surface area contributed by atoms with E-state index in [1.54, 1.807) is 0 Å². The van der Waals surface area contributed by atoms with Crippen molar-refractivity contribution in [1.82, 2.24) is 0 Å². The summed E-state index contributed by atoms with van der Waals surface area (Å²) >= 11 is -0.138. The van der Waals surface area contributed by atoms with E-state index in [4.69, 9.17) is 4.74 Å². The van der Waals surface area contributed by atoms with E-state index in [0.717, 1.165) is 43.9 Å². The highest BCUT2D eigenvalue weighted by Gasteiger charge is 2.51. The number of halogens is 1. The average Bonchev–Trinajstić information content (AvgIpc) is 2.55. The van der Waals surface area contributed by atoms with E-state index in [2.05, 4.69) is 14.1 Å². The zero-order valence-electron chi connectivity index (χ0n) is 14.0. The normalized spacial score (nSPS) is 35.2. The monoisotopic (exact) mass is 377 g/mol. The van der Waals surface area contributed by atoms with Crippen LogP contribution in [0.2, 0.25) is 0 Å². The van der Waals surface area contributed by atoms with Crippen molar-refractivity contribution in [2.24, 2.45) is 23.2 Å². The largest absolute Gasteiger partial charge is 0.691 e. The van der Waals surface area contributed by atoms with Gasteiger partial charge in [-0.15, -0.1) is 0 Å². The lowest BCUT2D eigenvalue weighted by Gasteiger charge is -2.56. The van der Waals surface area contributed by atoms with Crippen LogP contribution in [0.1, 0.15) is 45.4 Å². The lowest BCUT2D eigenvalue weighted by molar-refractivity contribution is -0.777. The second-order valence-corrected chi connectivity index (χ2v) is 8.86. The Bertz CT molecular complexity index is 489. The van der Waals surface area contributed by atoms with Gasteiger partial charge < -0.3 is 14.7 Å². The zero-order chi connectivity index (χ0) is 18.1. The minimum absolute atomic E-state index is 0.0676. The predicted octanol–water partition coefficient (Wildman–Crippen LogP) is 1.85. The first-order valence-electron chi connectivity index (χ1n) is 8.48. The summed E-state index contributed by atoms with van der Waals surface area (Å²) in [5, 5.41) is 10.00. The van der Waals surface area contributed by atoms with Crippen LogP contribution >= 0.6 is 12.0 Å².